The summed E-state index contributed by atoms with van der Waals surface area (Å²) in [7, 11) is 0. The molecule has 0 radical (unpaired) electrons. The van der Waals surface area contributed by atoms with Gasteiger partial charge in [-0.15, -0.1) is 0 Å². The molecule has 4 bridgehead atoms. The zero-order valence-electron chi connectivity index (χ0n) is 16.4. The first-order valence-corrected chi connectivity index (χ1v) is 10.8. The van der Waals surface area contributed by atoms with Crippen molar-refractivity contribution in [2.24, 2.45) is 23.7 Å². The maximum absolute atomic E-state index is 12.5. The summed E-state index contributed by atoms with van der Waals surface area (Å²) < 4.78 is 0. The van der Waals surface area contributed by atoms with Gasteiger partial charge in [-0.1, -0.05) is 19.8 Å². The van der Waals surface area contributed by atoms with Crippen molar-refractivity contribution < 1.29 is 9.59 Å². The molecule has 0 heterocycles. The quantitative estimate of drug-likeness (QED) is 0.719. The Morgan fingerprint density at radius 3 is 2.12 bits per heavy atom. The van der Waals surface area contributed by atoms with Gasteiger partial charge in [-0.05, 0) is 82.0 Å². The molecule has 146 valence electrons. The summed E-state index contributed by atoms with van der Waals surface area (Å²) in [6, 6.07) is -0.235. The van der Waals surface area contributed by atoms with Crippen LogP contribution in [0.4, 0.5) is 4.79 Å². The molecule has 0 saturated heterocycles. The molecular formula is C21H35N3O2. The van der Waals surface area contributed by atoms with Crippen molar-refractivity contribution in [3.63, 3.8) is 0 Å². The monoisotopic (exact) mass is 361 g/mol. The van der Waals surface area contributed by atoms with Crippen molar-refractivity contribution in [1.29, 1.82) is 0 Å². The zero-order valence-corrected chi connectivity index (χ0v) is 16.4. The van der Waals surface area contributed by atoms with Crippen LogP contribution in [-0.4, -0.2) is 29.6 Å². The molecule has 3 atom stereocenters. The number of rotatable bonds is 4. The van der Waals surface area contributed by atoms with E-state index in [0.717, 1.165) is 43.4 Å². The molecule has 0 aliphatic heterocycles. The Balaban J connectivity index is 1.28. The second-order valence-electron chi connectivity index (χ2n) is 9.90. The van der Waals surface area contributed by atoms with Crippen LogP contribution in [0.1, 0.15) is 78.1 Å². The van der Waals surface area contributed by atoms with Crippen molar-refractivity contribution in [3.8, 4) is 0 Å². The summed E-state index contributed by atoms with van der Waals surface area (Å²) in [5.74, 6) is 2.74. The van der Waals surface area contributed by atoms with E-state index in [2.05, 4.69) is 22.9 Å². The first-order valence-electron chi connectivity index (χ1n) is 10.8. The molecule has 5 heteroatoms. The largest absolute Gasteiger partial charge is 0.332 e. The minimum Gasteiger partial charge on any atom is -0.332 e. The molecule has 3 N–H and O–H groups in total. The third-order valence-corrected chi connectivity index (χ3v) is 7.62. The first kappa shape index (κ1) is 18.3. The van der Waals surface area contributed by atoms with Gasteiger partial charge < -0.3 is 10.6 Å². The number of hydrogen-bond acceptors (Lipinski definition) is 3. The second kappa shape index (κ2) is 7.14. The van der Waals surface area contributed by atoms with E-state index in [-0.39, 0.29) is 23.5 Å². The predicted octanol–water partition coefficient (Wildman–Crippen LogP) is 3.34. The molecule has 3 amide bonds. The van der Waals surface area contributed by atoms with Crippen molar-refractivity contribution in [3.05, 3.63) is 0 Å². The van der Waals surface area contributed by atoms with Gasteiger partial charge in [0.15, 0.2) is 0 Å². The minimum absolute atomic E-state index is 0.0480. The Hall–Kier alpha value is -1.10. The molecule has 0 aromatic rings. The maximum Gasteiger partial charge on any atom is 0.321 e. The van der Waals surface area contributed by atoms with Crippen LogP contribution in [0.3, 0.4) is 0 Å². The van der Waals surface area contributed by atoms with E-state index in [1.54, 1.807) is 0 Å². The van der Waals surface area contributed by atoms with Crippen LogP contribution in [-0.2, 0) is 4.79 Å². The van der Waals surface area contributed by atoms with E-state index in [4.69, 9.17) is 0 Å². The fraction of sp³-hybridized carbons (Fsp3) is 0.905. The van der Waals surface area contributed by atoms with E-state index in [9.17, 15) is 9.59 Å². The Bertz CT molecular complexity index is 526. The number of hydrogen-bond donors (Lipinski definition) is 3. The maximum atomic E-state index is 12.5. The van der Waals surface area contributed by atoms with Crippen molar-refractivity contribution in [2.45, 2.75) is 95.7 Å². The van der Waals surface area contributed by atoms with Crippen LogP contribution in [0.2, 0.25) is 0 Å². The van der Waals surface area contributed by atoms with Gasteiger partial charge in [-0.3, -0.25) is 10.1 Å². The van der Waals surface area contributed by atoms with Gasteiger partial charge in [-0.2, -0.15) is 0 Å². The lowest BCUT2D eigenvalue weighted by atomic mass is 9.53. The van der Waals surface area contributed by atoms with Gasteiger partial charge in [0, 0.05) is 11.6 Å². The fourth-order valence-corrected chi connectivity index (χ4v) is 6.72. The van der Waals surface area contributed by atoms with Crippen molar-refractivity contribution in [2.75, 3.05) is 0 Å². The van der Waals surface area contributed by atoms with Crippen LogP contribution in [0.5, 0.6) is 0 Å². The number of carbonyl (C=O) groups excluding carboxylic acids is 2. The van der Waals surface area contributed by atoms with E-state index in [1.165, 1.54) is 38.5 Å². The highest BCUT2D eigenvalue weighted by Gasteiger charge is 2.51. The molecule has 26 heavy (non-hydrogen) atoms. The van der Waals surface area contributed by atoms with Crippen LogP contribution in [0, 0.1) is 23.7 Å². The molecule has 0 aromatic carbocycles. The van der Waals surface area contributed by atoms with E-state index < -0.39 is 0 Å². The highest BCUT2D eigenvalue weighted by Crippen LogP contribution is 2.55. The Labute approximate surface area is 157 Å². The average Bonchev–Trinajstić information content (AvgIpc) is 2.54. The van der Waals surface area contributed by atoms with Crippen LogP contribution >= 0.6 is 0 Å². The highest BCUT2D eigenvalue weighted by atomic mass is 16.2. The number of nitrogens with one attached hydrogen (secondary N) is 3. The summed E-state index contributed by atoms with van der Waals surface area (Å²) in [4.78, 5) is 25.0. The van der Waals surface area contributed by atoms with Gasteiger partial charge in [0.25, 0.3) is 0 Å². The zero-order chi connectivity index (χ0) is 18.3. The van der Waals surface area contributed by atoms with E-state index in [0.29, 0.717) is 12.0 Å². The van der Waals surface area contributed by atoms with Gasteiger partial charge in [0.05, 0.1) is 6.04 Å². The third kappa shape index (κ3) is 3.78. The second-order valence-corrected chi connectivity index (χ2v) is 9.90. The molecule has 0 aromatic heterocycles. The summed E-state index contributed by atoms with van der Waals surface area (Å²) in [5, 5.41) is 9.27. The Morgan fingerprint density at radius 1 is 0.962 bits per heavy atom. The van der Waals surface area contributed by atoms with Gasteiger partial charge in [0.1, 0.15) is 0 Å². The lowest BCUT2D eigenvalue weighted by Crippen LogP contribution is -2.62. The lowest BCUT2D eigenvalue weighted by Gasteiger charge is -2.56. The number of urea groups is 1. The van der Waals surface area contributed by atoms with Crippen LogP contribution in [0.25, 0.3) is 0 Å². The van der Waals surface area contributed by atoms with Gasteiger partial charge in [-0.25, -0.2) is 4.79 Å². The molecule has 5 saturated carbocycles. The van der Waals surface area contributed by atoms with Crippen LogP contribution in [0.15, 0.2) is 0 Å². The Morgan fingerprint density at radius 2 is 1.54 bits per heavy atom. The highest BCUT2D eigenvalue weighted by molar-refractivity contribution is 5.97. The molecule has 5 nitrogen and oxygen atoms in total. The molecule has 5 aliphatic carbocycles. The fourth-order valence-electron chi connectivity index (χ4n) is 6.72. The number of amides is 3. The molecule has 5 fully saturated rings. The average molecular weight is 362 g/mol. The number of carbonyl (C=O) groups is 2. The summed E-state index contributed by atoms with van der Waals surface area (Å²) in [5.41, 5.74) is -0.0480. The Kier molecular flexibility index (Phi) is 5.02. The van der Waals surface area contributed by atoms with Crippen molar-refractivity contribution >= 4 is 11.9 Å². The molecule has 0 unspecified atom stereocenters. The van der Waals surface area contributed by atoms with Gasteiger partial charge in [0.2, 0.25) is 5.91 Å². The smallest absolute Gasteiger partial charge is 0.321 e. The lowest BCUT2D eigenvalue weighted by molar-refractivity contribution is -0.122. The minimum atomic E-state index is -0.331. The predicted molar refractivity (Wildman–Crippen MR) is 102 cm³/mol. The molecule has 5 rings (SSSR count). The molecule has 0 spiro atoms. The van der Waals surface area contributed by atoms with E-state index >= 15 is 0 Å². The normalized spacial score (nSPS) is 42.3. The van der Waals surface area contributed by atoms with Gasteiger partial charge >= 0.3 is 6.03 Å². The molecular weight excluding hydrogens is 326 g/mol. The molecule has 5 aliphatic rings. The van der Waals surface area contributed by atoms with E-state index in [1.807, 2.05) is 6.92 Å². The number of imide groups is 1. The summed E-state index contributed by atoms with van der Waals surface area (Å²) >= 11 is 0. The van der Waals surface area contributed by atoms with Crippen molar-refractivity contribution in [1.82, 2.24) is 16.0 Å². The summed E-state index contributed by atoms with van der Waals surface area (Å²) in [6.45, 7) is 4.12. The summed E-state index contributed by atoms with van der Waals surface area (Å²) in [6.07, 6.45) is 12.2. The third-order valence-electron chi connectivity index (χ3n) is 7.62. The SMILES string of the molecule is C[C@H](N[C@H]1CCCC[C@@H]1C)C(=O)NC(=O)NC12CC3CC(CC(C3)C1)C2. The standard InChI is InChI=1S/C21H35N3O2/c1-13-5-3-4-6-18(13)22-14(2)19(25)23-20(26)24-21-10-15-7-16(11-21)9-17(8-15)12-21/h13-18,22H,3-12H2,1-2H3,(H2,23,24,25,26)/t13-,14-,15?,16?,17?,18-,21?/m0/s1. The topological polar surface area (TPSA) is 70.2 Å². The van der Waals surface area contributed by atoms with Crippen LogP contribution < -0.4 is 16.0 Å². The first-order chi connectivity index (χ1) is 12.4.